The van der Waals surface area contributed by atoms with E-state index in [1.54, 1.807) is 0 Å². The summed E-state index contributed by atoms with van der Waals surface area (Å²) < 4.78 is 10.7. The lowest BCUT2D eigenvalue weighted by atomic mass is 9.87. The molecule has 6 nitrogen and oxygen atoms in total. The molecule has 0 saturated carbocycles. The number of rotatable bonds is 4. The van der Waals surface area contributed by atoms with Crippen molar-refractivity contribution < 1.29 is 14.1 Å². The summed E-state index contributed by atoms with van der Waals surface area (Å²) in [5.74, 6) is 5.72. The smallest absolute Gasteiger partial charge is 0.287 e. The molecule has 3 N–H and O–H groups in total. The lowest BCUT2D eigenvalue weighted by Gasteiger charge is -2.19. The third-order valence-corrected chi connectivity index (χ3v) is 3.00. The Labute approximate surface area is 123 Å². The summed E-state index contributed by atoms with van der Waals surface area (Å²) in [5.41, 5.74) is 3.35. The molecule has 6 heteroatoms. The predicted molar refractivity (Wildman–Crippen MR) is 77.6 cm³/mol. The third kappa shape index (κ3) is 3.82. The number of carbonyl (C=O) groups excluding carboxylic acids is 1. The Morgan fingerprint density at radius 1 is 1.38 bits per heavy atom. The van der Waals surface area contributed by atoms with Gasteiger partial charge in [-0.1, -0.05) is 38.1 Å². The van der Waals surface area contributed by atoms with Crippen molar-refractivity contribution in [3.05, 3.63) is 47.3 Å². The van der Waals surface area contributed by atoms with Gasteiger partial charge in [-0.3, -0.25) is 10.2 Å². The molecule has 0 aliphatic carbocycles. The van der Waals surface area contributed by atoms with Crippen LogP contribution >= 0.6 is 0 Å². The Kier molecular flexibility index (Phi) is 4.28. The average molecular weight is 289 g/mol. The molecule has 2 aromatic rings. The number of nitrogen functional groups attached to an aromatic ring is 1. The number of hydrogen-bond donors (Lipinski definition) is 2. The highest BCUT2D eigenvalue weighted by molar-refractivity contribution is 5.91. The number of aromatic nitrogens is 1. The van der Waals surface area contributed by atoms with Crippen molar-refractivity contribution in [2.24, 2.45) is 5.84 Å². The zero-order chi connectivity index (χ0) is 15.5. The number of amides is 1. The monoisotopic (exact) mass is 289 g/mol. The van der Waals surface area contributed by atoms with Crippen LogP contribution in [0.4, 0.5) is 0 Å². The molecule has 0 aliphatic heterocycles. The number of hydrogen-bond acceptors (Lipinski definition) is 5. The van der Waals surface area contributed by atoms with Gasteiger partial charge in [0, 0.05) is 6.07 Å². The Bertz CT molecular complexity index is 629. The number of nitrogens with two attached hydrogens (primary N) is 1. The zero-order valence-electron chi connectivity index (χ0n) is 12.3. The second-order valence-corrected chi connectivity index (χ2v) is 5.72. The van der Waals surface area contributed by atoms with E-state index in [1.165, 1.54) is 11.6 Å². The van der Waals surface area contributed by atoms with Crippen molar-refractivity contribution in [2.45, 2.75) is 32.8 Å². The zero-order valence-corrected chi connectivity index (χ0v) is 12.3. The van der Waals surface area contributed by atoms with E-state index in [2.05, 4.69) is 32.0 Å². The first-order valence-corrected chi connectivity index (χ1v) is 6.60. The maximum atomic E-state index is 11.3. The quantitative estimate of drug-likeness (QED) is 0.511. The lowest BCUT2D eigenvalue weighted by molar-refractivity contribution is 0.0944. The standard InChI is InChI=1S/C15H19N3O3/c1-15(2,3)10-5-4-6-11(7-10)20-9-12-8-13(18-21-12)14(19)17-16/h4-8H,9,16H2,1-3H3,(H,17,19). The highest BCUT2D eigenvalue weighted by Gasteiger charge is 2.15. The Balaban J connectivity index is 2.03. The van der Waals surface area contributed by atoms with Gasteiger partial charge < -0.3 is 9.26 Å². The van der Waals surface area contributed by atoms with Crippen LogP contribution in [-0.4, -0.2) is 11.1 Å². The fourth-order valence-electron chi connectivity index (χ4n) is 1.77. The molecular formula is C15H19N3O3. The predicted octanol–water partition coefficient (Wildman–Crippen LogP) is 2.15. The van der Waals surface area contributed by atoms with Crippen LogP contribution in [0.25, 0.3) is 0 Å². The molecule has 0 unspecified atom stereocenters. The highest BCUT2D eigenvalue weighted by Crippen LogP contribution is 2.26. The van der Waals surface area contributed by atoms with E-state index in [4.69, 9.17) is 15.1 Å². The molecule has 0 saturated heterocycles. The molecule has 0 atom stereocenters. The van der Waals surface area contributed by atoms with Crippen LogP contribution in [-0.2, 0) is 12.0 Å². The molecule has 1 heterocycles. The second kappa shape index (κ2) is 5.97. The third-order valence-electron chi connectivity index (χ3n) is 3.00. The molecule has 0 fully saturated rings. The van der Waals surface area contributed by atoms with Crippen molar-refractivity contribution in [1.82, 2.24) is 10.6 Å². The fourth-order valence-corrected chi connectivity index (χ4v) is 1.77. The van der Waals surface area contributed by atoms with Crippen LogP contribution < -0.4 is 16.0 Å². The van der Waals surface area contributed by atoms with Crippen LogP contribution in [0.3, 0.4) is 0 Å². The van der Waals surface area contributed by atoms with Gasteiger partial charge in [0.15, 0.2) is 11.5 Å². The van der Waals surface area contributed by atoms with E-state index in [-0.39, 0.29) is 17.7 Å². The van der Waals surface area contributed by atoms with Gasteiger partial charge in [0.1, 0.15) is 12.4 Å². The van der Waals surface area contributed by atoms with Gasteiger partial charge in [-0.25, -0.2) is 5.84 Å². The molecule has 2 rings (SSSR count). The first-order chi connectivity index (χ1) is 9.90. The van der Waals surface area contributed by atoms with Crippen molar-refractivity contribution in [3.63, 3.8) is 0 Å². The van der Waals surface area contributed by atoms with Crippen molar-refractivity contribution in [2.75, 3.05) is 0 Å². The summed E-state index contributed by atoms with van der Waals surface area (Å²) in [6.07, 6.45) is 0. The fraction of sp³-hybridized carbons (Fsp3) is 0.333. The Morgan fingerprint density at radius 2 is 2.14 bits per heavy atom. The van der Waals surface area contributed by atoms with Crippen LogP contribution in [0.1, 0.15) is 42.6 Å². The molecule has 0 bridgehead atoms. The summed E-state index contributed by atoms with van der Waals surface area (Å²) in [5, 5.41) is 3.61. The minimum Gasteiger partial charge on any atom is -0.486 e. The van der Waals surface area contributed by atoms with E-state index in [1.807, 2.05) is 23.6 Å². The van der Waals surface area contributed by atoms with Gasteiger partial charge in [-0.05, 0) is 23.1 Å². The lowest BCUT2D eigenvalue weighted by Crippen LogP contribution is -2.30. The summed E-state index contributed by atoms with van der Waals surface area (Å²) in [6, 6.07) is 9.37. The SMILES string of the molecule is CC(C)(C)c1cccc(OCc2cc(C(=O)NN)no2)c1. The number of hydrazine groups is 1. The molecule has 21 heavy (non-hydrogen) atoms. The van der Waals surface area contributed by atoms with Crippen LogP contribution in [0.15, 0.2) is 34.9 Å². The molecule has 0 aliphatic rings. The normalized spacial score (nSPS) is 11.2. The largest absolute Gasteiger partial charge is 0.486 e. The summed E-state index contributed by atoms with van der Waals surface area (Å²) >= 11 is 0. The molecule has 112 valence electrons. The van der Waals surface area contributed by atoms with Gasteiger partial charge in [0.2, 0.25) is 0 Å². The van der Waals surface area contributed by atoms with E-state index in [0.717, 1.165) is 5.75 Å². The van der Waals surface area contributed by atoms with Crippen molar-refractivity contribution in [1.29, 1.82) is 0 Å². The summed E-state index contributed by atoms with van der Waals surface area (Å²) in [7, 11) is 0. The first kappa shape index (κ1) is 15.1. The van der Waals surface area contributed by atoms with E-state index in [9.17, 15) is 4.79 Å². The summed E-state index contributed by atoms with van der Waals surface area (Å²) in [6.45, 7) is 6.61. The van der Waals surface area contributed by atoms with E-state index in [0.29, 0.717) is 5.76 Å². The van der Waals surface area contributed by atoms with Crippen LogP contribution in [0.5, 0.6) is 5.75 Å². The number of carbonyl (C=O) groups is 1. The Morgan fingerprint density at radius 3 is 2.81 bits per heavy atom. The van der Waals surface area contributed by atoms with E-state index >= 15 is 0 Å². The minimum atomic E-state index is -0.500. The topological polar surface area (TPSA) is 90.4 Å². The van der Waals surface area contributed by atoms with Crippen LogP contribution in [0.2, 0.25) is 0 Å². The van der Waals surface area contributed by atoms with Gasteiger partial charge in [-0.15, -0.1) is 0 Å². The Hall–Kier alpha value is -2.34. The number of benzene rings is 1. The molecule has 0 radical (unpaired) electrons. The number of nitrogens with one attached hydrogen (secondary N) is 1. The molecular weight excluding hydrogens is 270 g/mol. The van der Waals surface area contributed by atoms with Gasteiger partial charge >= 0.3 is 0 Å². The van der Waals surface area contributed by atoms with Crippen LogP contribution in [0, 0.1) is 0 Å². The average Bonchev–Trinajstić information content (AvgIpc) is 2.92. The highest BCUT2D eigenvalue weighted by atomic mass is 16.5. The molecule has 0 spiro atoms. The molecule has 1 aromatic carbocycles. The molecule has 1 aromatic heterocycles. The maximum absolute atomic E-state index is 11.3. The van der Waals surface area contributed by atoms with Gasteiger partial charge in [-0.2, -0.15) is 0 Å². The van der Waals surface area contributed by atoms with E-state index < -0.39 is 5.91 Å². The minimum absolute atomic E-state index is 0.0536. The maximum Gasteiger partial charge on any atom is 0.287 e. The number of nitrogens with zero attached hydrogens (tertiary/aromatic N) is 1. The summed E-state index contributed by atoms with van der Waals surface area (Å²) in [4.78, 5) is 11.3. The number of ether oxygens (including phenoxy) is 1. The van der Waals surface area contributed by atoms with Gasteiger partial charge in [0.25, 0.3) is 5.91 Å². The van der Waals surface area contributed by atoms with Crippen molar-refractivity contribution in [3.8, 4) is 5.75 Å². The second-order valence-electron chi connectivity index (χ2n) is 5.72. The van der Waals surface area contributed by atoms with Crippen molar-refractivity contribution >= 4 is 5.91 Å². The first-order valence-electron chi connectivity index (χ1n) is 6.60. The molecule has 1 amide bonds. The van der Waals surface area contributed by atoms with Gasteiger partial charge in [0.05, 0.1) is 0 Å².